The summed E-state index contributed by atoms with van der Waals surface area (Å²) in [4.78, 5) is 38.9. The van der Waals surface area contributed by atoms with Gasteiger partial charge in [0.1, 0.15) is 6.54 Å². The summed E-state index contributed by atoms with van der Waals surface area (Å²) < 4.78 is 15.9. The molecule has 2 amide bonds. The van der Waals surface area contributed by atoms with Gasteiger partial charge in [0, 0.05) is 6.07 Å². The fraction of sp³-hybridized carbons (Fsp3) is 0.286. The van der Waals surface area contributed by atoms with Crippen LogP contribution in [0.3, 0.4) is 0 Å². The highest BCUT2D eigenvalue weighted by Crippen LogP contribution is 2.47. The first-order valence-corrected chi connectivity index (χ1v) is 8.96. The molecule has 0 spiro atoms. The van der Waals surface area contributed by atoms with Gasteiger partial charge in [-0.05, 0) is 12.5 Å². The molecule has 0 saturated carbocycles. The second-order valence-corrected chi connectivity index (χ2v) is 6.46. The number of hydrogen-bond donors (Lipinski definition) is 1. The predicted molar refractivity (Wildman–Crippen MR) is 106 cm³/mol. The molecule has 8 nitrogen and oxygen atoms in total. The summed E-state index contributed by atoms with van der Waals surface area (Å²) in [5.41, 5.74) is 1.23. The zero-order valence-corrected chi connectivity index (χ0v) is 16.6. The van der Waals surface area contributed by atoms with Gasteiger partial charge in [0.05, 0.1) is 38.6 Å². The van der Waals surface area contributed by atoms with E-state index in [1.54, 1.807) is 0 Å². The molecule has 1 heterocycles. The molecule has 152 valence electrons. The zero-order valence-electron chi connectivity index (χ0n) is 16.6. The minimum Gasteiger partial charge on any atom is -0.493 e. The highest BCUT2D eigenvalue weighted by Gasteiger charge is 2.42. The monoisotopic (exact) mass is 398 g/mol. The first-order valence-electron chi connectivity index (χ1n) is 8.96. The number of anilines is 1. The molecule has 0 aromatic heterocycles. The average molecular weight is 398 g/mol. The summed E-state index contributed by atoms with van der Waals surface area (Å²) in [5, 5.41) is 2.84. The van der Waals surface area contributed by atoms with Gasteiger partial charge in [-0.2, -0.15) is 0 Å². The Labute approximate surface area is 168 Å². The quantitative estimate of drug-likeness (QED) is 0.718. The molecule has 2 aromatic carbocycles. The van der Waals surface area contributed by atoms with E-state index in [-0.39, 0.29) is 41.1 Å². The maximum Gasteiger partial charge on any atom is 0.300 e. The van der Waals surface area contributed by atoms with Crippen molar-refractivity contribution in [1.82, 2.24) is 5.32 Å². The molecule has 2 aromatic rings. The number of Topliss-reactive ketones (excluding diaryl/α,β-unsaturated/α-hetero) is 1. The van der Waals surface area contributed by atoms with Gasteiger partial charge >= 0.3 is 0 Å². The van der Waals surface area contributed by atoms with Crippen molar-refractivity contribution < 1.29 is 28.6 Å². The van der Waals surface area contributed by atoms with Gasteiger partial charge in [-0.1, -0.05) is 30.3 Å². The Balaban J connectivity index is 1.90. The van der Waals surface area contributed by atoms with Crippen molar-refractivity contribution in [2.45, 2.75) is 13.0 Å². The van der Waals surface area contributed by atoms with E-state index in [4.69, 9.17) is 14.2 Å². The third kappa shape index (κ3) is 3.61. The molecular formula is C21H22N2O6. The van der Waals surface area contributed by atoms with Gasteiger partial charge in [0.15, 0.2) is 11.5 Å². The van der Waals surface area contributed by atoms with E-state index < -0.39 is 17.6 Å². The highest BCUT2D eigenvalue weighted by molar-refractivity contribution is 6.53. The normalized spacial score (nSPS) is 13.7. The molecule has 0 fully saturated rings. The van der Waals surface area contributed by atoms with Crippen LogP contribution in [-0.4, -0.2) is 45.5 Å². The average Bonchev–Trinajstić information content (AvgIpc) is 2.97. The lowest BCUT2D eigenvalue weighted by Gasteiger charge is -2.20. The lowest BCUT2D eigenvalue weighted by molar-refractivity contribution is -0.122. The van der Waals surface area contributed by atoms with E-state index in [9.17, 15) is 14.4 Å². The van der Waals surface area contributed by atoms with E-state index in [0.717, 1.165) is 10.5 Å². The van der Waals surface area contributed by atoms with E-state index in [1.165, 1.54) is 27.4 Å². The fourth-order valence-corrected chi connectivity index (χ4v) is 3.33. The number of nitrogens with zero attached hydrogens (tertiary/aromatic N) is 1. The number of carbonyl (C=O) groups is 3. The number of rotatable bonds is 7. The molecule has 1 atom stereocenters. The van der Waals surface area contributed by atoms with Crippen LogP contribution in [0.1, 0.15) is 28.9 Å². The van der Waals surface area contributed by atoms with Gasteiger partial charge in [-0.15, -0.1) is 0 Å². The van der Waals surface area contributed by atoms with Gasteiger partial charge in [-0.3, -0.25) is 19.3 Å². The van der Waals surface area contributed by atoms with Crippen molar-refractivity contribution in [2.75, 3.05) is 32.8 Å². The van der Waals surface area contributed by atoms with Crippen LogP contribution in [0.5, 0.6) is 17.2 Å². The summed E-state index contributed by atoms with van der Waals surface area (Å²) in [5.74, 6) is -1.38. The van der Waals surface area contributed by atoms with Gasteiger partial charge in [-0.25, -0.2) is 0 Å². The van der Waals surface area contributed by atoms with Gasteiger partial charge in [0.2, 0.25) is 11.7 Å². The predicted octanol–water partition coefficient (Wildman–Crippen LogP) is 2.12. The van der Waals surface area contributed by atoms with Crippen molar-refractivity contribution in [3.8, 4) is 17.2 Å². The SMILES string of the molecule is COc1cc2c(c(OC)c1OC)C(=O)C(=O)N2CC(=O)NC(C)c1ccccc1. The fourth-order valence-electron chi connectivity index (χ4n) is 3.33. The highest BCUT2D eigenvalue weighted by atomic mass is 16.5. The van der Waals surface area contributed by atoms with Crippen molar-refractivity contribution in [1.29, 1.82) is 0 Å². The van der Waals surface area contributed by atoms with Crippen LogP contribution in [-0.2, 0) is 9.59 Å². The Morgan fingerprint density at radius 1 is 1.03 bits per heavy atom. The first kappa shape index (κ1) is 20.2. The number of amides is 2. The van der Waals surface area contributed by atoms with Crippen LogP contribution in [0.4, 0.5) is 5.69 Å². The molecule has 0 saturated heterocycles. The molecule has 8 heteroatoms. The smallest absolute Gasteiger partial charge is 0.300 e. The second kappa shape index (κ2) is 8.22. The Morgan fingerprint density at radius 3 is 2.28 bits per heavy atom. The number of fused-ring (bicyclic) bond motifs is 1. The van der Waals surface area contributed by atoms with Crippen LogP contribution in [0, 0.1) is 0 Å². The summed E-state index contributed by atoms with van der Waals surface area (Å²) in [6.07, 6.45) is 0. The molecular weight excluding hydrogens is 376 g/mol. The number of benzene rings is 2. The second-order valence-electron chi connectivity index (χ2n) is 6.46. The molecule has 0 bridgehead atoms. The van der Waals surface area contributed by atoms with Crippen molar-refractivity contribution in [3.63, 3.8) is 0 Å². The van der Waals surface area contributed by atoms with Crippen LogP contribution in [0.2, 0.25) is 0 Å². The Bertz CT molecular complexity index is 957. The lowest BCUT2D eigenvalue weighted by Crippen LogP contribution is -2.40. The maximum absolute atomic E-state index is 12.6. The number of ether oxygens (including phenoxy) is 3. The summed E-state index contributed by atoms with van der Waals surface area (Å²) in [6.45, 7) is 1.53. The van der Waals surface area contributed by atoms with Crippen molar-refractivity contribution >= 4 is 23.3 Å². The van der Waals surface area contributed by atoms with Crippen LogP contribution in [0.25, 0.3) is 0 Å². The zero-order chi connectivity index (χ0) is 21.1. The Morgan fingerprint density at radius 2 is 1.69 bits per heavy atom. The van der Waals surface area contributed by atoms with Crippen LogP contribution >= 0.6 is 0 Å². The molecule has 1 N–H and O–H groups in total. The van der Waals surface area contributed by atoms with Crippen LogP contribution < -0.4 is 24.4 Å². The molecule has 0 aliphatic carbocycles. The molecule has 1 unspecified atom stereocenters. The molecule has 0 radical (unpaired) electrons. The number of ketones is 1. The summed E-state index contributed by atoms with van der Waals surface area (Å²) in [6, 6.07) is 10.7. The van der Waals surface area contributed by atoms with Crippen LogP contribution in [0.15, 0.2) is 36.4 Å². The largest absolute Gasteiger partial charge is 0.493 e. The van der Waals surface area contributed by atoms with Crippen molar-refractivity contribution in [3.05, 3.63) is 47.5 Å². The van der Waals surface area contributed by atoms with Crippen molar-refractivity contribution in [2.24, 2.45) is 0 Å². The third-order valence-electron chi connectivity index (χ3n) is 4.75. The topological polar surface area (TPSA) is 94.2 Å². The number of methoxy groups -OCH3 is 3. The first-order chi connectivity index (χ1) is 13.9. The summed E-state index contributed by atoms with van der Waals surface area (Å²) >= 11 is 0. The minimum atomic E-state index is -0.809. The standard InChI is InChI=1S/C21H22N2O6/c1-12(13-8-6-5-7-9-13)22-16(24)11-23-14-10-15(27-2)19(28-3)20(29-4)17(14)18(25)21(23)26/h5-10,12H,11H2,1-4H3,(H,22,24). The van der Waals surface area contributed by atoms with Gasteiger partial charge in [0.25, 0.3) is 11.7 Å². The number of hydrogen-bond acceptors (Lipinski definition) is 6. The third-order valence-corrected chi connectivity index (χ3v) is 4.75. The van der Waals surface area contributed by atoms with E-state index in [2.05, 4.69) is 5.32 Å². The number of carbonyl (C=O) groups excluding carboxylic acids is 3. The molecule has 1 aliphatic heterocycles. The van der Waals surface area contributed by atoms with E-state index in [1.807, 2.05) is 37.3 Å². The minimum absolute atomic E-state index is 0.0547. The molecule has 1 aliphatic rings. The Hall–Kier alpha value is -3.55. The molecule has 3 rings (SSSR count). The lowest BCUT2D eigenvalue weighted by atomic mass is 10.1. The number of nitrogens with one attached hydrogen (secondary N) is 1. The van der Waals surface area contributed by atoms with E-state index in [0.29, 0.717) is 0 Å². The Kier molecular flexibility index (Phi) is 5.72. The van der Waals surface area contributed by atoms with E-state index >= 15 is 0 Å². The molecule has 29 heavy (non-hydrogen) atoms. The van der Waals surface area contributed by atoms with Gasteiger partial charge < -0.3 is 19.5 Å². The summed E-state index contributed by atoms with van der Waals surface area (Å²) in [7, 11) is 4.21. The maximum atomic E-state index is 12.6.